The van der Waals surface area contributed by atoms with Crippen LogP contribution in [0.1, 0.15) is 59.0 Å². The lowest BCUT2D eigenvalue weighted by atomic mass is 9.94. The van der Waals surface area contributed by atoms with Crippen LogP contribution in [0.25, 0.3) is 0 Å². The highest BCUT2D eigenvalue weighted by atomic mass is 16.5. The van der Waals surface area contributed by atoms with Crippen LogP contribution in [0.5, 0.6) is 5.75 Å². The van der Waals surface area contributed by atoms with E-state index in [1.165, 1.54) is 11.1 Å². The van der Waals surface area contributed by atoms with Gasteiger partial charge in [0.25, 0.3) is 5.91 Å². The summed E-state index contributed by atoms with van der Waals surface area (Å²) < 4.78 is 10.9. The van der Waals surface area contributed by atoms with Crippen LogP contribution in [0.2, 0.25) is 0 Å². The molecular weight excluding hydrogens is 452 g/mol. The lowest BCUT2D eigenvalue weighted by Gasteiger charge is -2.32. The van der Waals surface area contributed by atoms with Gasteiger partial charge in [0.05, 0.1) is 12.8 Å². The number of amides is 1. The molecule has 1 atom stereocenters. The Morgan fingerprint density at radius 1 is 0.972 bits per heavy atom. The third kappa shape index (κ3) is 6.33. The Labute approximate surface area is 213 Å². The Bertz CT molecular complexity index is 1120. The highest BCUT2D eigenvalue weighted by Gasteiger charge is 2.27. The number of aromatic nitrogens is 1. The molecule has 2 saturated heterocycles. The molecule has 0 spiro atoms. The van der Waals surface area contributed by atoms with E-state index in [0.717, 1.165) is 76.4 Å². The third-order valence-corrected chi connectivity index (χ3v) is 7.39. The van der Waals surface area contributed by atoms with Crippen LogP contribution in [0, 0.1) is 0 Å². The van der Waals surface area contributed by atoms with E-state index in [1.54, 1.807) is 7.11 Å². The number of carbonyl (C=O) groups is 1. The fourth-order valence-electron chi connectivity index (χ4n) is 5.39. The van der Waals surface area contributed by atoms with E-state index in [9.17, 15) is 4.79 Å². The Hall–Kier alpha value is -3.16. The van der Waals surface area contributed by atoms with E-state index in [2.05, 4.69) is 56.7 Å². The van der Waals surface area contributed by atoms with E-state index in [1.807, 2.05) is 24.3 Å². The van der Waals surface area contributed by atoms with Gasteiger partial charge >= 0.3 is 0 Å². The first-order chi connectivity index (χ1) is 17.7. The van der Waals surface area contributed by atoms with Gasteiger partial charge in [-0.25, -0.2) is 0 Å². The van der Waals surface area contributed by atoms with Crippen molar-refractivity contribution in [3.05, 3.63) is 83.2 Å². The second kappa shape index (κ2) is 11.7. The van der Waals surface area contributed by atoms with Gasteiger partial charge in [-0.1, -0.05) is 47.6 Å². The van der Waals surface area contributed by atoms with Gasteiger partial charge in [0.1, 0.15) is 5.75 Å². The van der Waals surface area contributed by atoms with Crippen molar-refractivity contribution < 1.29 is 14.1 Å². The summed E-state index contributed by atoms with van der Waals surface area (Å²) in [4.78, 5) is 17.8. The molecule has 190 valence electrons. The lowest BCUT2D eigenvalue weighted by Crippen LogP contribution is -2.44. The van der Waals surface area contributed by atoms with Crippen LogP contribution in [0.4, 0.5) is 0 Å². The molecule has 2 aliphatic rings. The van der Waals surface area contributed by atoms with Gasteiger partial charge in [0, 0.05) is 50.7 Å². The largest absolute Gasteiger partial charge is 0.497 e. The number of hydrogen-bond donors (Lipinski definition) is 1. The van der Waals surface area contributed by atoms with Crippen molar-refractivity contribution in [2.24, 2.45) is 0 Å². The van der Waals surface area contributed by atoms with Gasteiger partial charge in [0.15, 0.2) is 0 Å². The van der Waals surface area contributed by atoms with Gasteiger partial charge in [-0.2, -0.15) is 0 Å². The Morgan fingerprint density at radius 3 is 2.56 bits per heavy atom. The number of likely N-dealkylation sites (tertiary alicyclic amines) is 2. The van der Waals surface area contributed by atoms with Crippen molar-refractivity contribution >= 4 is 5.91 Å². The Morgan fingerprint density at radius 2 is 1.75 bits per heavy atom. The molecule has 0 bridgehead atoms. The number of ether oxygens (including phenoxy) is 1. The van der Waals surface area contributed by atoms with E-state index in [0.29, 0.717) is 5.76 Å². The first-order valence-electron chi connectivity index (χ1n) is 13.1. The number of hydrogen-bond acceptors (Lipinski definition) is 6. The molecule has 3 heterocycles. The van der Waals surface area contributed by atoms with Crippen LogP contribution < -0.4 is 10.1 Å². The molecule has 3 aromatic rings. The topological polar surface area (TPSA) is 70.8 Å². The normalized spacial score (nSPS) is 19.8. The van der Waals surface area contributed by atoms with Crippen molar-refractivity contribution in [3.63, 3.8) is 0 Å². The molecule has 36 heavy (non-hydrogen) atoms. The second-order valence-electron chi connectivity index (χ2n) is 10.1. The summed E-state index contributed by atoms with van der Waals surface area (Å²) in [6, 6.07) is 20.8. The summed E-state index contributed by atoms with van der Waals surface area (Å²) >= 11 is 0. The fourth-order valence-corrected chi connectivity index (χ4v) is 5.39. The van der Waals surface area contributed by atoms with Crippen molar-refractivity contribution in [2.75, 3.05) is 33.3 Å². The van der Waals surface area contributed by atoms with E-state index >= 15 is 0 Å². The molecule has 7 nitrogen and oxygen atoms in total. The minimum absolute atomic E-state index is 0.153. The van der Waals surface area contributed by atoms with Crippen molar-refractivity contribution in [2.45, 2.75) is 50.7 Å². The molecule has 0 aliphatic carbocycles. The number of methoxy groups -OCH3 is 1. The highest BCUT2D eigenvalue weighted by Crippen LogP contribution is 2.28. The smallest absolute Gasteiger partial charge is 0.290 e. The molecule has 1 aromatic heterocycles. The maximum Gasteiger partial charge on any atom is 0.290 e. The van der Waals surface area contributed by atoms with Crippen molar-refractivity contribution in [1.82, 2.24) is 20.3 Å². The van der Waals surface area contributed by atoms with E-state index < -0.39 is 0 Å². The average Bonchev–Trinajstić information content (AvgIpc) is 3.42. The minimum Gasteiger partial charge on any atom is -0.497 e. The number of rotatable bonds is 8. The van der Waals surface area contributed by atoms with Crippen LogP contribution in [0.15, 0.2) is 65.2 Å². The molecule has 1 amide bonds. The summed E-state index contributed by atoms with van der Waals surface area (Å²) in [7, 11) is 1.70. The maximum absolute atomic E-state index is 12.9. The molecule has 2 aromatic carbocycles. The molecule has 0 saturated carbocycles. The minimum atomic E-state index is -0.153. The summed E-state index contributed by atoms with van der Waals surface area (Å²) in [5.74, 6) is 1.33. The Kier molecular flexibility index (Phi) is 7.98. The zero-order valence-electron chi connectivity index (χ0n) is 21.1. The number of nitrogens with zero attached hydrogens (tertiary/aromatic N) is 3. The summed E-state index contributed by atoms with van der Waals surface area (Å²) in [6.07, 6.45) is 4.05. The first-order valence-corrected chi connectivity index (χ1v) is 13.1. The predicted molar refractivity (Wildman–Crippen MR) is 139 cm³/mol. The second-order valence-corrected chi connectivity index (χ2v) is 10.1. The molecule has 1 N–H and O–H groups in total. The average molecular weight is 489 g/mol. The molecule has 0 unspecified atom stereocenters. The molecular formula is C29H36N4O3. The Balaban J connectivity index is 1.11. The van der Waals surface area contributed by atoms with E-state index in [4.69, 9.17) is 9.26 Å². The maximum atomic E-state index is 12.9. The van der Waals surface area contributed by atoms with Crippen LogP contribution >= 0.6 is 0 Å². The summed E-state index contributed by atoms with van der Waals surface area (Å²) in [5, 5.41) is 7.46. The molecule has 7 heteroatoms. The number of piperidine rings is 2. The zero-order valence-corrected chi connectivity index (χ0v) is 21.1. The quantitative estimate of drug-likeness (QED) is 0.505. The first kappa shape index (κ1) is 24.5. The monoisotopic (exact) mass is 488 g/mol. The standard InChI is InChI=1S/C29H36N4O3/c1-35-26-11-5-9-23(17-26)20-33-14-6-10-24(21-33)27-18-28(36-31-27)29(34)30-25-12-15-32(16-13-25)19-22-7-3-2-4-8-22/h2-5,7-9,11,17-18,24-25H,6,10,12-16,19-21H2,1H3,(H,30,34)/t24-/m0/s1. The van der Waals surface area contributed by atoms with E-state index in [-0.39, 0.29) is 17.9 Å². The third-order valence-electron chi connectivity index (χ3n) is 7.39. The molecule has 5 rings (SSSR count). The summed E-state index contributed by atoms with van der Waals surface area (Å²) in [5.41, 5.74) is 3.46. The van der Waals surface area contributed by atoms with Crippen LogP contribution in [-0.4, -0.2) is 60.2 Å². The van der Waals surface area contributed by atoms with Gasteiger partial charge < -0.3 is 14.6 Å². The van der Waals surface area contributed by atoms with Crippen LogP contribution in [0.3, 0.4) is 0 Å². The molecule has 2 fully saturated rings. The highest BCUT2D eigenvalue weighted by molar-refractivity contribution is 5.91. The molecule has 2 aliphatic heterocycles. The lowest BCUT2D eigenvalue weighted by molar-refractivity contribution is 0.0871. The molecule has 0 radical (unpaired) electrons. The number of nitrogens with one attached hydrogen (secondary N) is 1. The van der Waals surface area contributed by atoms with Gasteiger partial charge in [-0.15, -0.1) is 0 Å². The van der Waals surface area contributed by atoms with Crippen LogP contribution in [-0.2, 0) is 13.1 Å². The fraction of sp³-hybridized carbons (Fsp3) is 0.448. The van der Waals surface area contributed by atoms with Gasteiger partial charge in [-0.3, -0.25) is 14.6 Å². The zero-order chi connectivity index (χ0) is 24.7. The van der Waals surface area contributed by atoms with Gasteiger partial charge in [0.2, 0.25) is 5.76 Å². The SMILES string of the molecule is COc1cccc(CN2CCC[C@H](c3cc(C(=O)NC4CCN(Cc5ccccc5)CC4)on3)C2)c1. The number of carbonyl (C=O) groups excluding carboxylic acids is 1. The predicted octanol–water partition coefficient (Wildman–Crippen LogP) is 4.46. The van der Waals surface area contributed by atoms with Crippen molar-refractivity contribution in [1.29, 1.82) is 0 Å². The van der Waals surface area contributed by atoms with Gasteiger partial charge in [-0.05, 0) is 55.5 Å². The summed E-state index contributed by atoms with van der Waals surface area (Å²) in [6.45, 7) is 5.76. The van der Waals surface area contributed by atoms with Crippen molar-refractivity contribution in [3.8, 4) is 5.75 Å². The number of benzene rings is 2.